The zero-order valence-corrected chi connectivity index (χ0v) is 26.7. The van der Waals surface area contributed by atoms with Gasteiger partial charge in [-0.2, -0.15) is 0 Å². The van der Waals surface area contributed by atoms with Crippen molar-refractivity contribution in [1.29, 1.82) is 0 Å². The van der Waals surface area contributed by atoms with Crippen LogP contribution in [-0.4, -0.2) is 48.0 Å². The van der Waals surface area contributed by atoms with Gasteiger partial charge in [-0.1, -0.05) is 31.9 Å². The number of aromatic amines is 2. The number of H-pyrrole nitrogens is 2. The second-order valence-electron chi connectivity index (χ2n) is 11.3. The van der Waals surface area contributed by atoms with Crippen molar-refractivity contribution in [1.82, 2.24) is 20.3 Å². The maximum absolute atomic E-state index is 13.6. The zero-order chi connectivity index (χ0) is 31.9. The first-order valence-electron chi connectivity index (χ1n) is 15.5. The molecule has 0 fully saturated rings. The van der Waals surface area contributed by atoms with E-state index in [0.717, 1.165) is 75.0 Å². The van der Waals surface area contributed by atoms with Crippen LogP contribution in [0, 0.1) is 6.92 Å². The normalized spacial score (nSPS) is 11.9. The molecular weight excluding hydrogens is 568 g/mol. The first-order valence-corrected chi connectivity index (χ1v) is 15.5. The molecule has 0 saturated heterocycles. The zero-order valence-electron chi connectivity index (χ0n) is 26.7. The number of carbonyl (C=O) groups is 2. The van der Waals surface area contributed by atoms with Gasteiger partial charge in [-0.3, -0.25) is 9.59 Å². The summed E-state index contributed by atoms with van der Waals surface area (Å²) in [6.45, 7) is 3.88. The Hall–Kier alpha value is -4.79. The Balaban J connectivity index is 1.40. The largest absolute Gasteiger partial charge is 0.497 e. The van der Waals surface area contributed by atoms with E-state index in [9.17, 15) is 9.59 Å². The van der Waals surface area contributed by atoms with Crippen molar-refractivity contribution in [3.05, 3.63) is 71.8 Å². The molecule has 0 aliphatic heterocycles. The molecule has 1 amide bonds. The van der Waals surface area contributed by atoms with Gasteiger partial charge in [0.2, 0.25) is 5.91 Å². The van der Waals surface area contributed by atoms with E-state index >= 15 is 0 Å². The highest BCUT2D eigenvalue weighted by atomic mass is 16.5. The van der Waals surface area contributed by atoms with Gasteiger partial charge < -0.3 is 29.5 Å². The predicted octanol–water partition coefficient (Wildman–Crippen LogP) is 7.38. The molecule has 3 aromatic carbocycles. The van der Waals surface area contributed by atoms with Gasteiger partial charge in [0.1, 0.15) is 28.9 Å². The number of Topliss-reactive ketones (excluding diaryl/α,β-unsaturated/α-hetero) is 1. The lowest BCUT2D eigenvalue weighted by Gasteiger charge is -2.17. The van der Waals surface area contributed by atoms with Crippen LogP contribution < -0.4 is 19.5 Å². The molecule has 0 aliphatic carbocycles. The highest BCUT2D eigenvalue weighted by Gasteiger charge is 2.22. The number of nitrogens with one attached hydrogen (secondary N) is 3. The molecule has 9 nitrogen and oxygen atoms in total. The molecular formula is C36H42N4O5. The fourth-order valence-corrected chi connectivity index (χ4v) is 5.91. The number of imidazole rings is 1. The number of aryl methyl sites for hydroxylation is 1. The number of unbranched alkanes of at least 4 members (excludes halogenated alkanes) is 2. The van der Waals surface area contributed by atoms with Gasteiger partial charge in [0.25, 0.3) is 0 Å². The summed E-state index contributed by atoms with van der Waals surface area (Å²) in [5, 5.41) is 6.19. The van der Waals surface area contributed by atoms with E-state index in [4.69, 9.17) is 19.2 Å². The minimum Gasteiger partial charge on any atom is -0.497 e. The monoisotopic (exact) mass is 610 g/mol. The average Bonchev–Trinajstić information content (AvgIpc) is 3.67. The summed E-state index contributed by atoms with van der Waals surface area (Å²) >= 11 is 0. The Morgan fingerprint density at radius 2 is 1.73 bits per heavy atom. The first-order chi connectivity index (χ1) is 21.8. The number of amides is 1. The van der Waals surface area contributed by atoms with Gasteiger partial charge in [0, 0.05) is 40.4 Å². The van der Waals surface area contributed by atoms with E-state index in [2.05, 4.69) is 21.4 Å². The molecule has 0 bridgehead atoms. The van der Waals surface area contributed by atoms with Gasteiger partial charge >= 0.3 is 0 Å². The SMILES string of the molecule is CCC(=O)CCCCC[C@H](NC(=O)Cc1c(C)[nH]c2ccc(OC)cc12)c1ncc(-c2cc3cccc(OC)c3cc2OC)[nH]1. The Morgan fingerprint density at radius 3 is 2.49 bits per heavy atom. The van der Waals surface area contributed by atoms with E-state index in [1.165, 1.54) is 0 Å². The smallest absolute Gasteiger partial charge is 0.225 e. The summed E-state index contributed by atoms with van der Waals surface area (Å²) < 4.78 is 16.8. The third-order valence-corrected chi connectivity index (χ3v) is 8.44. The third-order valence-electron chi connectivity index (χ3n) is 8.44. The van der Waals surface area contributed by atoms with E-state index in [1.54, 1.807) is 27.5 Å². The van der Waals surface area contributed by atoms with Crippen molar-refractivity contribution >= 4 is 33.4 Å². The first kappa shape index (κ1) is 31.6. The number of fused-ring (bicyclic) bond motifs is 2. The maximum Gasteiger partial charge on any atom is 0.225 e. The van der Waals surface area contributed by atoms with Crippen molar-refractivity contribution in [2.24, 2.45) is 0 Å². The fourth-order valence-electron chi connectivity index (χ4n) is 5.91. The highest BCUT2D eigenvalue weighted by molar-refractivity contribution is 5.94. The van der Waals surface area contributed by atoms with Crippen molar-refractivity contribution in [3.63, 3.8) is 0 Å². The molecule has 0 spiro atoms. The number of methoxy groups -OCH3 is 3. The van der Waals surface area contributed by atoms with Crippen molar-refractivity contribution in [3.8, 4) is 28.5 Å². The summed E-state index contributed by atoms with van der Waals surface area (Å²) in [5.74, 6) is 3.06. The average molecular weight is 611 g/mol. The minimum atomic E-state index is -0.334. The lowest BCUT2D eigenvalue weighted by molar-refractivity contribution is -0.121. The summed E-state index contributed by atoms with van der Waals surface area (Å²) in [4.78, 5) is 37.0. The van der Waals surface area contributed by atoms with Crippen LogP contribution in [0.25, 0.3) is 32.9 Å². The number of rotatable bonds is 15. The third kappa shape index (κ3) is 7.14. The number of hydrogen-bond acceptors (Lipinski definition) is 6. The van der Waals surface area contributed by atoms with Crippen LogP contribution in [0.5, 0.6) is 17.2 Å². The second kappa shape index (κ2) is 14.3. The van der Waals surface area contributed by atoms with Crippen LogP contribution in [0.15, 0.2) is 54.7 Å². The Bertz CT molecular complexity index is 1800. The minimum absolute atomic E-state index is 0.0960. The fraction of sp³-hybridized carbons (Fsp3) is 0.361. The summed E-state index contributed by atoms with van der Waals surface area (Å²) in [6.07, 6.45) is 6.43. The van der Waals surface area contributed by atoms with Crippen LogP contribution >= 0.6 is 0 Å². The highest BCUT2D eigenvalue weighted by Crippen LogP contribution is 2.37. The predicted molar refractivity (Wildman–Crippen MR) is 177 cm³/mol. The molecule has 5 aromatic rings. The molecule has 0 aliphatic rings. The number of carbonyl (C=O) groups excluding carboxylic acids is 2. The molecule has 3 N–H and O–H groups in total. The summed E-state index contributed by atoms with van der Waals surface area (Å²) in [7, 11) is 4.94. The second-order valence-corrected chi connectivity index (χ2v) is 11.3. The number of ketones is 1. The number of aromatic nitrogens is 3. The van der Waals surface area contributed by atoms with Crippen LogP contribution in [0.1, 0.15) is 68.6 Å². The molecule has 5 rings (SSSR count). The van der Waals surface area contributed by atoms with E-state index in [-0.39, 0.29) is 24.2 Å². The number of nitrogens with zero attached hydrogens (tertiary/aromatic N) is 1. The Morgan fingerprint density at radius 1 is 0.911 bits per heavy atom. The van der Waals surface area contributed by atoms with Gasteiger partial charge in [0.15, 0.2) is 0 Å². The summed E-state index contributed by atoms with van der Waals surface area (Å²) in [5.41, 5.74) is 4.51. The molecule has 45 heavy (non-hydrogen) atoms. The molecule has 9 heteroatoms. The number of hydrogen-bond donors (Lipinski definition) is 3. The maximum atomic E-state index is 13.6. The van der Waals surface area contributed by atoms with Gasteiger partial charge in [0.05, 0.1) is 45.7 Å². The topological polar surface area (TPSA) is 118 Å². The Kier molecular flexibility index (Phi) is 10.1. The number of benzene rings is 3. The number of ether oxygens (including phenoxy) is 3. The van der Waals surface area contributed by atoms with Crippen molar-refractivity contribution < 1.29 is 23.8 Å². The van der Waals surface area contributed by atoms with Gasteiger partial charge in [-0.25, -0.2) is 4.98 Å². The van der Waals surface area contributed by atoms with Crippen molar-refractivity contribution in [2.45, 2.75) is 64.8 Å². The van der Waals surface area contributed by atoms with Gasteiger partial charge in [-0.05, 0) is 67.1 Å². The molecule has 0 saturated carbocycles. The van der Waals surface area contributed by atoms with Crippen molar-refractivity contribution in [2.75, 3.05) is 21.3 Å². The van der Waals surface area contributed by atoms with Crippen LogP contribution in [-0.2, 0) is 16.0 Å². The molecule has 0 unspecified atom stereocenters. The molecule has 236 valence electrons. The van der Waals surface area contributed by atoms with Crippen LogP contribution in [0.3, 0.4) is 0 Å². The molecule has 1 atom stereocenters. The van der Waals surface area contributed by atoms with Gasteiger partial charge in [-0.15, -0.1) is 0 Å². The van der Waals surface area contributed by atoms with E-state index in [1.807, 2.05) is 56.3 Å². The standard InChI is InChI=1S/C36H42N4O5/c1-6-24(41)12-8-7-9-13-31(39-35(42)20-26-22(2)38-30-16-15-25(43-3)18-28(26)30)36-37-21-32(40-36)29-17-23-11-10-14-33(44-4)27(23)19-34(29)45-5/h10-11,14-19,21,31,38H,6-9,12-13,20H2,1-5H3,(H,37,40)(H,39,42)/t31-/m0/s1. The summed E-state index contributed by atoms with van der Waals surface area (Å²) in [6, 6.07) is 15.4. The molecule has 2 aromatic heterocycles. The lowest BCUT2D eigenvalue weighted by atomic mass is 10.0. The van der Waals surface area contributed by atoms with Crippen LogP contribution in [0.2, 0.25) is 0 Å². The Labute approximate surface area is 263 Å². The molecule has 2 heterocycles. The molecule has 0 radical (unpaired) electrons. The van der Waals surface area contributed by atoms with Crippen LogP contribution in [0.4, 0.5) is 0 Å². The quantitative estimate of drug-likeness (QED) is 0.107. The lowest BCUT2D eigenvalue weighted by Crippen LogP contribution is -2.30. The van der Waals surface area contributed by atoms with E-state index < -0.39 is 0 Å². The van der Waals surface area contributed by atoms with E-state index in [0.29, 0.717) is 30.8 Å².